The maximum atomic E-state index is 14.5. The highest BCUT2D eigenvalue weighted by atomic mass is 19.1. The molecule has 0 spiro atoms. The molecule has 2 heterocycles. The van der Waals surface area contributed by atoms with Gasteiger partial charge in [0.25, 0.3) is 0 Å². The molecule has 0 bridgehead atoms. The first-order valence-corrected chi connectivity index (χ1v) is 14.0. The molecular weight excluding hydrogens is 533 g/mol. The number of benzene rings is 4. The molecule has 7 nitrogen and oxygen atoms in total. The van der Waals surface area contributed by atoms with E-state index in [1.165, 1.54) is 23.3 Å². The smallest absolute Gasteiger partial charge is 0.228 e. The topological polar surface area (TPSA) is 83.7 Å². The van der Waals surface area contributed by atoms with E-state index in [9.17, 15) is 14.0 Å². The highest BCUT2D eigenvalue weighted by molar-refractivity contribution is 5.98. The van der Waals surface area contributed by atoms with Crippen molar-refractivity contribution in [3.05, 3.63) is 111 Å². The Balaban J connectivity index is 1.12. The van der Waals surface area contributed by atoms with Gasteiger partial charge in [0.1, 0.15) is 5.82 Å². The molecule has 0 aliphatic carbocycles. The summed E-state index contributed by atoms with van der Waals surface area (Å²) < 4.78 is 25.4. The Bertz CT molecular complexity index is 1870. The van der Waals surface area contributed by atoms with Crippen LogP contribution in [0.3, 0.4) is 0 Å². The van der Waals surface area contributed by atoms with Crippen LogP contribution in [0, 0.1) is 5.82 Å². The number of fused-ring (bicyclic) bond motifs is 3. The average Bonchev–Trinajstić information content (AvgIpc) is 3.00. The Kier molecular flexibility index (Phi) is 7.63. The van der Waals surface area contributed by atoms with E-state index < -0.39 is 5.82 Å². The van der Waals surface area contributed by atoms with Crippen LogP contribution in [-0.2, 0) is 30.6 Å². The van der Waals surface area contributed by atoms with Gasteiger partial charge < -0.3 is 19.8 Å². The molecular formula is C34H32FN3O4. The van der Waals surface area contributed by atoms with Crippen molar-refractivity contribution < 1.29 is 18.7 Å². The molecule has 1 aliphatic rings. The summed E-state index contributed by atoms with van der Waals surface area (Å²) in [5.74, 6) is 0.791. The van der Waals surface area contributed by atoms with Crippen molar-refractivity contribution in [2.45, 2.75) is 25.8 Å². The molecule has 1 aromatic heterocycles. The average molecular weight is 566 g/mol. The predicted molar refractivity (Wildman–Crippen MR) is 163 cm³/mol. The lowest BCUT2D eigenvalue weighted by atomic mass is 9.98. The third-order valence-corrected chi connectivity index (χ3v) is 7.98. The monoisotopic (exact) mass is 565 g/mol. The molecule has 5 aromatic rings. The van der Waals surface area contributed by atoms with E-state index in [1.807, 2.05) is 18.2 Å². The largest absolute Gasteiger partial charge is 0.493 e. The number of methoxy groups -OCH3 is 2. The van der Waals surface area contributed by atoms with Gasteiger partial charge >= 0.3 is 0 Å². The number of hydrogen-bond acceptors (Lipinski definition) is 5. The number of ether oxygens (including phenoxy) is 2. The van der Waals surface area contributed by atoms with Crippen molar-refractivity contribution in [3.8, 4) is 11.5 Å². The highest BCUT2D eigenvalue weighted by Gasteiger charge is 2.19. The van der Waals surface area contributed by atoms with Crippen LogP contribution in [0.1, 0.15) is 22.3 Å². The lowest BCUT2D eigenvalue weighted by Crippen LogP contribution is -2.32. The third-order valence-electron chi connectivity index (χ3n) is 7.98. The molecule has 0 fully saturated rings. The SMILES string of the molecule is COc1cc2c(cc1OC)CN(CCc1cccc(NC(=O)Cc3cccc4c(=O)c5cccc(F)c5[nH]c34)c1)CC2. The first-order chi connectivity index (χ1) is 20.4. The van der Waals surface area contributed by atoms with E-state index >= 15 is 0 Å². The molecule has 4 aromatic carbocycles. The number of aromatic amines is 1. The Morgan fingerprint density at radius 3 is 2.43 bits per heavy atom. The number of nitrogens with zero attached hydrogens (tertiary/aromatic N) is 1. The fourth-order valence-corrected chi connectivity index (χ4v) is 5.80. The summed E-state index contributed by atoms with van der Waals surface area (Å²) in [6, 6.07) is 21.7. The summed E-state index contributed by atoms with van der Waals surface area (Å²) in [4.78, 5) is 31.5. The molecule has 214 valence electrons. The number of anilines is 1. The van der Waals surface area contributed by atoms with Gasteiger partial charge in [0.15, 0.2) is 16.9 Å². The first-order valence-electron chi connectivity index (χ1n) is 14.0. The number of halogens is 1. The van der Waals surface area contributed by atoms with Crippen LogP contribution in [-0.4, -0.2) is 43.1 Å². The van der Waals surface area contributed by atoms with Crippen LogP contribution in [0.4, 0.5) is 10.1 Å². The van der Waals surface area contributed by atoms with Gasteiger partial charge in [0, 0.05) is 36.1 Å². The maximum Gasteiger partial charge on any atom is 0.228 e. The van der Waals surface area contributed by atoms with Gasteiger partial charge in [0.05, 0.1) is 31.7 Å². The van der Waals surface area contributed by atoms with E-state index in [0.29, 0.717) is 22.2 Å². The maximum absolute atomic E-state index is 14.5. The first kappa shape index (κ1) is 27.5. The van der Waals surface area contributed by atoms with Crippen LogP contribution in [0.2, 0.25) is 0 Å². The molecule has 1 aliphatic heterocycles. The summed E-state index contributed by atoms with van der Waals surface area (Å²) >= 11 is 0. The summed E-state index contributed by atoms with van der Waals surface area (Å²) in [7, 11) is 3.31. The summed E-state index contributed by atoms with van der Waals surface area (Å²) in [5.41, 5.74) is 5.38. The molecule has 2 N–H and O–H groups in total. The molecule has 6 rings (SSSR count). The zero-order chi connectivity index (χ0) is 29.2. The standard InChI is InChI=1S/C34H32FN3O4/c1-41-29-17-22-13-15-38(20-24(22)18-30(29)42-2)14-12-21-6-3-8-25(16-21)36-31(39)19-23-7-4-9-26-32(23)37-33-27(34(26)40)10-5-11-28(33)35/h3-11,16-18H,12-15,19-20H2,1-2H3,(H,36,39)(H,37,40). The number of carbonyl (C=O) groups is 1. The minimum absolute atomic E-state index is 0.0406. The summed E-state index contributed by atoms with van der Waals surface area (Å²) in [5, 5.41) is 3.70. The lowest BCUT2D eigenvalue weighted by molar-refractivity contribution is -0.115. The zero-order valence-electron chi connectivity index (χ0n) is 23.6. The molecule has 0 unspecified atom stereocenters. The number of hydrogen-bond donors (Lipinski definition) is 2. The van der Waals surface area contributed by atoms with Crippen molar-refractivity contribution >= 4 is 33.4 Å². The van der Waals surface area contributed by atoms with Gasteiger partial charge in [-0.3, -0.25) is 14.5 Å². The van der Waals surface area contributed by atoms with Crippen LogP contribution in [0.25, 0.3) is 21.8 Å². The van der Waals surface area contributed by atoms with Crippen LogP contribution < -0.4 is 20.2 Å². The van der Waals surface area contributed by atoms with Crippen molar-refractivity contribution in [3.63, 3.8) is 0 Å². The summed E-state index contributed by atoms with van der Waals surface area (Å²) in [6.07, 6.45) is 1.84. The Morgan fingerprint density at radius 2 is 1.64 bits per heavy atom. The number of aromatic nitrogens is 1. The van der Waals surface area contributed by atoms with E-state index in [4.69, 9.17) is 9.47 Å². The van der Waals surface area contributed by atoms with Crippen molar-refractivity contribution in [2.75, 3.05) is 32.6 Å². The van der Waals surface area contributed by atoms with Gasteiger partial charge in [-0.25, -0.2) is 4.39 Å². The minimum Gasteiger partial charge on any atom is -0.493 e. The fourth-order valence-electron chi connectivity index (χ4n) is 5.80. The van der Waals surface area contributed by atoms with Crippen molar-refractivity contribution in [1.82, 2.24) is 9.88 Å². The molecule has 0 saturated carbocycles. The van der Waals surface area contributed by atoms with E-state index in [2.05, 4.69) is 33.4 Å². The van der Waals surface area contributed by atoms with Crippen LogP contribution in [0.15, 0.2) is 77.6 Å². The lowest BCUT2D eigenvalue weighted by Gasteiger charge is -2.29. The Labute approximate surface area is 242 Å². The zero-order valence-corrected chi connectivity index (χ0v) is 23.6. The second kappa shape index (κ2) is 11.7. The third kappa shape index (κ3) is 5.45. The second-order valence-corrected chi connectivity index (χ2v) is 10.6. The van der Waals surface area contributed by atoms with Gasteiger partial charge in [0.2, 0.25) is 5.91 Å². The molecule has 8 heteroatoms. The molecule has 0 radical (unpaired) electrons. The van der Waals surface area contributed by atoms with Gasteiger partial charge in [-0.2, -0.15) is 0 Å². The van der Waals surface area contributed by atoms with E-state index in [1.54, 1.807) is 38.5 Å². The Hall–Kier alpha value is -4.69. The Morgan fingerprint density at radius 1 is 0.929 bits per heavy atom. The number of para-hydroxylation sites is 2. The normalized spacial score (nSPS) is 13.2. The number of pyridine rings is 1. The molecule has 0 atom stereocenters. The molecule has 1 amide bonds. The molecule has 42 heavy (non-hydrogen) atoms. The number of carbonyl (C=O) groups excluding carboxylic acids is 1. The van der Waals surface area contributed by atoms with Gasteiger partial charge in [-0.1, -0.05) is 30.3 Å². The van der Waals surface area contributed by atoms with Crippen LogP contribution >= 0.6 is 0 Å². The second-order valence-electron chi connectivity index (χ2n) is 10.6. The number of amides is 1. The predicted octanol–water partition coefficient (Wildman–Crippen LogP) is 5.62. The minimum atomic E-state index is -0.503. The number of nitrogens with one attached hydrogen (secondary N) is 2. The van der Waals surface area contributed by atoms with Crippen molar-refractivity contribution in [1.29, 1.82) is 0 Å². The summed E-state index contributed by atoms with van der Waals surface area (Å²) in [6.45, 7) is 2.70. The highest BCUT2D eigenvalue weighted by Crippen LogP contribution is 2.33. The van der Waals surface area contributed by atoms with Gasteiger partial charge in [-0.05, 0) is 77.6 Å². The number of H-pyrrole nitrogens is 1. The fraction of sp³-hybridized carbons (Fsp3) is 0.235. The van der Waals surface area contributed by atoms with Crippen molar-refractivity contribution in [2.24, 2.45) is 0 Å². The van der Waals surface area contributed by atoms with E-state index in [-0.39, 0.29) is 28.7 Å². The van der Waals surface area contributed by atoms with Crippen LogP contribution in [0.5, 0.6) is 11.5 Å². The number of rotatable bonds is 8. The van der Waals surface area contributed by atoms with Gasteiger partial charge in [-0.15, -0.1) is 0 Å². The van der Waals surface area contributed by atoms with E-state index in [0.717, 1.165) is 49.5 Å². The molecule has 0 saturated heterocycles. The quantitative estimate of drug-likeness (QED) is 0.239.